The standard InChI is InChI=1S/C15H21N3O2S/c1-20-13-4-2-3-12(9-13)17-14(19)10-18-7-5-11(6-8-18)15(16)21/h2-4,9,11H,5-8,10H2,1H3,(H2,16,21)(H,17,19). The van der Waals surface area contributed by atoms with E-state index in [9.17, 15) is 4.79 Å². The van der Waals surface area contributed by atoms with Crippen LogP contribution in [0, 0.1) is 5.92 Å². The lowest BCUT2D eigenvalue weighted by Crippen LogP contribution is -2.41. The summed E-state index contributed by atoms with van der Waals surface area (Å²) in [7, 11) is 1.60. The molecule has 21 heavy (non-hydrogen) atoms. The van der Waals surface area contributed by atoms with Crippen LogP contribution in [0.2, 0.25) is 0 Å². The summed E-state index contributed by atoms with van der Waals surface area (Å²) in [6.45, 7) is 2.10. The number of anilines is 1. The molecule has 0 bridgehead atoms. The quantitative estimate of drug-likeness (QED) is 0.809. The lowest BCUT2D eigenvalue weighted by molar-refractivity contribution is -0.117. The van der Waals surface area contributed by atoms with E-state index < -0.39 is 0 Å². The van der Waals surface area contributed by atoms with Crippen molar-refractivity contribution in [2.24, 2.45) is 11.7 Å². The van der Waals surface area contributed by atoms with Gasteiger partial charge in [0.1, 0.15) is 5.75 Å². The van der Waals surface area contributed by atoms with E-state index in [4.69, 9.17) is 22.7 Å². The predicted molar refractivity (Wildman–Crippen MR) is 87.6 cm³/mol. The molecular formula is C15H21N3O2S. The number of carbonyl (C=O) groups is 1. The number of nitrogens with one attached hydrogen (secondary N) is 1. The third-order valence-electron chi connectivity index (χ3n) is 3.71. The van der Waals surface area contributed by atoms with Gasteiger partial charge in [-0.3, -0.25) is 9.69 Å². The van der Waals surface area contributed by atoms with Crippen LogP contribution < -0.4 is 15.8 Å². The predicted octanol–water partition coefficient (Wildman–Crippen LogP) is 1.63. The Bertz CT molecular complexity index is 513. The fourth-order valence-electron chi connectivity index (χ4n) is 2.48. The van der Waals surface area contributed by atoms with Crippen LogP contribution in [-0.4, -0.2) is 42.5 Å². The maximum Gasteiger partial charge on any atom is 0.238 e. The second kappa shape index (κ2) is 7.38. The molecule has 0 unspecified atom stereocenters. The van der Waals surface area contributed by atoms with E-state index in [-0.39, 0.29) is 5.91 Å². The number of rotatable bonds is 5. The molecule has 2 rings (SSSR count). The van der Waals surface area contributed by atoms with Crippen molar-refractivity contribution >= 4 is 28.8 Å². The van der Waals surface area contributed by atoms with Crippen molar-refractivity contribution in [2.45, 2.75) is 12.8 Å². The number of piperidine rings is 1. The number of nitrogens with zero attached hydrogens (tertiary/aromatic N) is 1. The molecule has 0 aliphatic carbocycles. The zero-order valence-electron chi connectivity index (χ0n) is 12.2. The first-order valence-corrected chi connectivity index (χ1v) is 7.45. The number of hydrogen-bond donors (Lipinski definition) is 2. The van der Waals surface area contributed by atoms with Crippen molar-refractivity contribution in [1.82, 2.24) is 4.90 Å². The highest BCUT2D eigenvalue weighted by atomic mass is 32.1. The Morgan fingerprint density at radius 3 is 2.81 bits per heavy atom. The zero-order valence-corrected chi connectivity index (χ0v) is 13.0. The van der Waals surface area contributed by atoms with Gasteiger partial charge in [-0.1, -0.05) is 18.3 Å². The van der Waals surface area contributed by atoms with Crippen LogP contribution in [0.1, 0.15) is 12.8 Å². The smallest absolute Gasteiger partial charge is 0.238 e. The molecule has 114 valence electrons. The summed E-state index contributed by atoms with van der Waals surface area (Å²) in [4.78, 5) is 14.8. The van der Waals surface area contributed by atoms with Crippen LogP contribution in [0.3, 0.4) is 0 Å². The average Bonchev–Trinajstić information content (AvgIpc) is 2.47. The summed E-state index contributed by atoms with van der Waals surface area (Å²) in [5, 5.41) is 2.89. The molecule has 0 atom stereocenters. The molecule has 1 aromatic carbocycles. The first kappa shape index (κ1) is 15.7. The highest BCUT2D eigenvalue weighted by Gasteiger charge is 2.22. The topological polar surface area (TPSA) is 67.6 Å². The normalized spacial score (nSPS) is 16.4. The monoisotopic (exact) mass is 307 g/mol. The van der Waals surface area contributed by atoms with E-state index in [1.54, 1.807) is 13.2 Å². The van der Waals surface area contributed by atoms with Crippen molar-refractivity contribution in [3.8, 4) is 5.75 Å². The molecule has 3 N–H and O–H groups in total. The molecule has 0 saturated carbocycles. The zero-order chi connectivity index (χ0) is 15.2. The van der Waals surface area contributed by atoms with E-state index in [1.165, 1.54) is 0 Å². The van der Waals surface area contributed by atoms with E-state index >= 15 is 0 Å². The van der Waals surface area contributed by atoms with Gasteiger partial charge < -0.3 is 15.8 Å². The fraction of sp³-hybridized carbons (Fsp3) is 0.467. The van der Waals surface area contributed by atoms with Gasteiger partial charge in [-0.05, 0) is 38.1 Å². The van der Waals surface area contributed by atoms with Gasteiger partial charge in [-0.15, -0.1) is 0 Å². The maximum absolute atomic E-state index is 12.1. The number of carbonyl (C=O) groups excluding carboxylic acids is 1. The molecule has 5 nitrogen and oxygen atoms in total. The first-order valence-electron chi connectivity index (χ1n) is 7.04. The van der Waals surface area contributed by atoms with Crippen LogP contribution in [0.25, 0.3) is 0 Å². The number of hydrogen-bond acceptors (Lipinski definition) is 4. The summed E-state index contributed by atoms with van der Waals surface area (Å²) in [5.41, 5.74) is 6.41. The largest absolute Gasteiger partial charge is 0.497 e. The summed E-state index contributed by atoms with van der Waals surface area (Å²) in [5.74, 6) is 1.03. The van der Waals surface area contributed by atoms with Gasteiger partial charge in [0.25, 0.3) is 0 Å². The van der Waals surface area contributed by atoms with Crippen molar-refractivity contribution in [3.05, 3.63) is 24.3 Å². The molecular weight excluding hydrogens is 286 g/mol. The number of ether oxygens (including phenoxy) is 1. The molecule has 1 saturated heterocycles. The number of amides is 1. The molecule has 1 heterocycles. The summed E-state index contributed by atoms with van der Waals surface area (Å²) in [6.07, 6.45) is 1.86. The van der Waals surface area contributed by atoms with Crippen molar-refractivity contribution < 1.29 is 9.53 Å². The van der Waals surface area contributed by atoms with Gasteiger partial charge in [0.05, 0.1) is 18.6 Å². The van der Waals surface area contributed by atoms with Gasteiger partial charge in [-0.25, -0.2) is 0 Å². The third kappa shape index (κ3) is 4.68. The molecule has 0 radical (unpaired) electrons. The minimum atomic E-state index is -0.0166. The Morgan fingerprint density at radius 1 is 1.48 bits per heavy atom. The van der Waals surface area contributed by atoms with Crippen molar-refractivity contribution in [2.75, 3.05) is 32.1 Å². The molecule has 1 aromatic rings. The first-order chi connectivity index (χ1) is 10.1. The van der Waals surface area contributed by atoms with E-state index in [0.717, 1.165) is 37.4 Å². The van der Waals surface area contributed by atoms with Crippen LogP contribution in [0.15, 0.2) is 24.3 Å². The van der Waals surface area contributed by atoms with Gasteiger partial charge in [-0.2, -0.15) is 0 Å². The highest BCUT2D eigenvalue weighted by molar-refractivity contribution is 7.80. The van der Waals surface area contributed by atoms with Crippen LogP contribution in [-0.2, 0) is 4.79 Å². The fourth-order valence-corrected chi connectivity index (χ4v) is 2.72. The van der Waals surface area contributed by atoms with Gasteiger partial charge in [0, 0.05) is 17.7 Å². The molecule has 1 amide bonds. The third-order valence-corrected chi connectivity index (χ3v) is 4.04. The number of nitrogens with two attached hydrogens (primary N) is 1. The Hall–Kier alpha value is -1.66. The van der Waals surface area contributed by atoms with Gasteiger partial charge in [0.15, 0.2) is 0 Å². The summed E-state index contributed by atoms with van der Waals surface area (Å²) < 4.78 is 5.13. The van der Waals surface area contributed by atoms with Crippen molar-refractivity contribution in [3.63, 3.8) is 0 Å². The second-order valence-corrected chi connectivity index (χ2v) is 5.70. The molecule has 1 aliphatic heterocycles. The number of benzene rings is 1. The number of thiocarbonyl (C=S) groups is 1. The van der Waals surface area contributed by atoms with Gasteiger partial charge in [0.2, 0.25) is 5.91 Å². The molecule has 0 spiro atoms. The van der Waals surface area contributed by atoms with Crippen LogP contribution in [0.5, 0.6) is 5.75 Å². The minimum absolute atomic E-state index is 0.0166. The number of likely N-dealkylation sites (tertiary alicyclic amines) is 1. The average molecular weight is 307 g/mol. The summed E-state index contributed by atoms with van der Waals surface area (Å²) >= 11 is 5.02. The van der Waals surface area contributed by atoms with E-state index in [2.05, 4.69) is 10.2 Å². The summed E-state index contributed by atoms with van der Waals surface area (Å²) in [6, 6.07) is 7.34. The molecule has 6 heteroatoms. The molecule has 0 aromatic heterocycles. The van der Waals surface area contributed by atoms with Gasteiger partial charge >= 0.3 is 0 Å². The highest BCUT2D eigenvalue weighted by Crippen LogP contribution is 2.18. The lowest BCUT2D eigenvalue weighted by atomic mass is 9.97. The maximum atomic E-state index is 12.1. The number of methoxy groups -OCH3 is 1. The lowest BCUT2D eigenvalue weighted by Gasteiger charge is -2.30. The second-order valence-electron chi connectivity index (χ2n) is 5.23. The molecule has 1 fully saturated rings. The minimum Gasteiger partial charge on any atom is -0.497 e. The SMILES string of the molecule is COc1cccc(NC(=O)CN2CCC(C(N)=S)CC2)c1. The Balaban J connectivity index is 1.81. The Kier molecular flexibility index (Phi) is 5.52. The Labute approximate surface area is 130 Å². The van der Waals surface area contributed by atoms with E-state index in [0.29, 0.717) is 17.5 Å². The van der Waals surface area contributed by atoms with E-state index in [1.807, 2.05) is 18.2 Å². The Morgan fingerprint density at radius 2 is 2.19 bits per heavy atom. The van der Waals surface area contributed by atoms with Crippen LogP contribution in [0.4, 0.5) is 5.69 Å². The molecule has 1 aliphatic rings. The van der Waals surface area contributed by atoms with Crippen molar-refractivity contribution in [1.29, 1.82) is 0 Å². The van der Waals surface area contributed by atoms with Crippen LogP contribution >= 0.6 is 12.2 Å².